The molecule has 2 aromatic heterocycles. The molecule has 9 heteroatoms. The number of amides is 1. The van der Waals surface area contributed by atoms with Crippen LogP contribution in [0.5, 0.6) is 0 Å². The molecule has 25 heavy (non-hydrogen) atoms. The number of nitrogens with zero attached hydrogens (tertiary/aromatic N) is 5. The van der Waals surface area contributed by atoms with E-state index >= 15 is 0 Å². The summed E-state index contributed by atoms with van der Waals surface area (Å²) in [6.07, 6.45) is 3.11. The van der Waals surface area contributed by atoms with Crippen molar-refractivity contribution in [1.29, 1.82) is 0 Å². The van der Waals surface area contributed by atoms with Gasteiger partial charge < -0.3 is 5.32 Å². The highest BCUT2D eigenvalue weighted by molar-refractivity contribution is 7.15. The molecule has 0 aliphatic carbocycles. The number of hydrogen-bond donors (Lipinski definition) is 1. The number of carbonyl (C=O) groups excluding carboxylic acids is 1. The minimum atomic E-state index is -0.254. The molecule has 0 aliphatic rings. The number of carbonyl (C=O) groups is 1. The van der Waals surface area contributed by atoms with Crippen LogP contribution in [0.2, 0.25) is 0 Å². The van der Waals surface area contributed by atoms with Gasteiger partial charge in [0.1, 0.15) is 10.5 Å². The highest BCUT2D eigenvalue weighted by Crippen LogP contribution is 2.17. The Bertz CT molecular complexity index is 936. The number of anilines is 1. The van der Waals surface area contributed by atoms with Crippen LogP contribution in [0.25, 0.3) is 10.9 Å². The van der Waals surface area contributed by atoms with Gasteiger partial charge in [0.15, 0.2) is 0 Å². The van der Waals surface area contributed by atoms with Crippen molar-refractivity contribution >= 4 is 33.3 Å². The van der Waals surface area contributed by atoms with E-state index in [0.29, 0.717) is 16.0 Å². The summed E-state index contributed by atoms with van der Waals surface area (Å²) in [5, 5.41) is 20.5. The van der Waals surface area contributed by atoms with Crippen LogP contribution in [0.3, 0.4) is 0 Å². The molecule has 0 saturated heterocycles. The molecule has 1 aromatic carbocycles. The summed E-state index contributed by atoms with van der Waals surface area (Å²) in [6.45, 7) is 2.27. The van der Waals surface area contributed by atoms with Gasteiger partial charge in [-0.15, -0.1) is 15.3 Å². The van der Waals surface area contributed by atoms with Crippen molar-refractivity contribution in [2.24, 2.45) is 0 Å². The third kappa shape index (κ3) is 4.24. The molecular formula is C16H18N6O2S. The topological polar surface area (TPSA) is 103 Å². The third-order valence-electron chi connectivity index (χ3n) is 3.64. The fourth-order valence-electron chi connectivity index (χ4n) is 2.29. The summed E-state index contributed by atoms with van der Waals surface area (Å²) >= 11 is 1.38. The largest absolute Gasteiger partial charge is 0.300 e. The fourth-order valence-corrected chi connectivity index (χ4v) is 3.09. The maximum absolute atomic E-state index is 12.3. The summed E-state index contributed by atoms with van der Waals surface area (Å²) in [7, 11) is 0. The number of aromatic nitrogens is 5. The Morgan fingerprint density at radius 2 is 2.08 bits per heavy atom. The van der Waals surface area contributed by atoms with Crippen LogP contribution < -0.4 is 10.9 Å². The number of benzene rings is 1. The van der Waals surface area contributed by atoms with Crippen molar-refractivity contribution in [3.8, 4) is 0 Å². The van der Waals surface area contributed by atoms with Crippen molar-refractivity contribution < 1.29 is 4.79 Å². The molecule has 0 aliphatic heterocycles. The highest BCUT2D eigenvalue weighted by atomic mass is 32.1. The molecule has 1 amide bonds. The first-order valence-electron chi connectivity index (χ1n) is 8.12. The monoisotopic (exact) mass is 358 g/mol. The van der Waals surface area contributed by atoms with Crippen molar-refractivity contribution in [2.45, 2.75) is 39.2 Å². The predicted molar refractivity (Wildman–Crippen MR) is 95.6 cm³/mol. The quantitative estimate of drug-likeness (QED) is 0.693. The summed E-state index contributed by atoms with van der Waals surface area (Å²) in [6, 6.07) is 6.99. The molecule has 0 fully saturated rings. The van der Waals surface area contributed by atoms with Gasteiger partial charge in [0.05, 0.1) is 11.9 Å². The number of nitrogens with one attached hydrogen (secondary N) is 1. The lowest BCUT2D eigenvalue weighted by Gasteiger charge is -2.04. The van der Waals surface area contributed by atoms with E-state index in [1.54, 1.807) is 24.3 Å². The van der Waals surface area contributed by atoms with E-state index in [0.717, 1.165) is 24.3 Å². The van der Waals surface area contributed by atoms with Gasteiger partial charge in [-0.2, -0.15) is 0 Å². The number of fused-ring (bicyclic) bond motifs is 1. The molecule has 0 radical (unpaired) electrons. The smallest absolute Gasteiger partial charge is 0.277 e. The fraction of sp³-hybridized carbons (Fsp3) is 0.375. The Labute approximate surface area is 147 Å². The maximum Gasteiger partial charge on any atom is 0.277 e. The van der Waals surface area contributed by atoms with E-state index in [1.165, 1.54) is 16.0 Å². The van der Waals surface area contributed by atoms with Crippen molar-refractivity contribution in [3.63, 3.8) is 0 Å². The first-order valence-corrected chi connectivity index (χ1v) is 8.94. The molecule has 8 nitrogen and oxygen atoms in total. The van der Waals surface area contributed by atoms with E-state index < -0.39 is 0 Å². The van der Waals surface area contributed by atoms with Crippen LogP contribution >= 0.6 is 11.3 Å². The molecule has 0 spiro atoms. The molecular weight excluding hydrogens is 340 g/mol. The van der Waals surface area contributed by atoms with Gasteiger partial charge in [-0.1, -0.05) is 42.0 Å². The number of aryl methyl sites for hydroxylation is 2. The van der Waals surface area contributed by atoms with Crippen LogP contribution in [-0.4, -0.2) is 31.1 Å². The van der Waals surface area contributed by atoms with Crippen molar-refractivity contribution in [2.75, 3.05) is 5.32 Å². The zero-order valence-corrected chi connectivity index (χ0v) is 14.6. The lowest BCUT2D eigenvalue weighted by molar-refractivity contribution is -0.116. The van der Waals surface area contributed by atoms with Crippen LogP contribution in [0.15, 0.2) is 29.1 Å². The van der Waals surface area contributed by atoms with Crippen LogP contribution in [0.4, 0.5) is 5.13 Å². The average Bonchev–Trinajstić information content (AvgIpc) is 3.07. The maximum atomic E-state index is 12.3. The SMILES string of the molecule is CCCCc1nnc(NC(=O)CCn2nnc3ccccc3c2=O)s1. The summed E-state index contributed by atoms with van der Waals surface area (Å²) < 4.78 is 1.20. The van der Waals surface area contributed by atoms with E-state index in [-0.39, 0.29) is 24.4 Å². The van der Waals surface area contributed by atoms with Gasteiger partial charge in [-0.3, -0.25) is 9.59 Å². The van der Waals surface area contributed by atoms with Gasteiger partial charge in [0.2, 0.25) is 11.0 Å². The van der Waals surface area contributed by atoms with Gasteiger partial charge >= 0.3 is 0 Å². The molecule has 3 aromatic rings. The highest BCUT2D eigenvalue weighted by Gasteiger charge is 2.10. The van der Waals surface area contributed by atoms with E-state index in [2.05, 4.69) is 32.7 Å². The first-order chi connectivity index (χ1) is 12.2. The first kappa shape index (κ1) is 17.2. The summed E-state index contributed by atoms with van der Waals surface area (Å²) in [5.74, 6) is -0.236. The number of unbranched alkanes of at least 4 members (excludes halogenated alkanes) is 1. The molecule has 2 heterocycles. The zero-order valence-electron chi connectivity index (χ0n) is 13.8. The minimum Gasteiger partial charge on any atom is -0.300 e. The Hall–Kier alpha value is -2.68. The number of hydrogen-bond acceptors (Lipinski definition) is 7. The molecule has 0 bridgehead atoms. The summed E-state index contributed by atoms with van der Waals surface area (Å²) in [5.41, 5.74) is 0.290. The van der Waals surface area contributed by atoms with Gasteiger partial charge in [-0.05, 0) is 18.6 Å². The van der Waals surface area contributed by atoms with Gasteiger partial charge in [0.25, 0.3) is 5.56 Å². The van der Waals surface area contributed by atoms with Crippen molar-refractivity contribution in [1.82, 2.24) is 25.2 Å². The molecule has 0 atom stereocenters. The minimum absolute atomic E-state index is 0.108. The van der Waals surface area contributed by atoms with Gasteiger partial charge in [0, 0.05) is 12.8 Å². The van der Waals surface area contributed by atoms with E-state index in [9.17, 15) is 9.59 Å². The lowest BCUT2D eigenvalue weighted by Crippen LogP contribution is -2.26. The van der Waals surface area contributed by atoms with Crippen LogP contribution in [-0.2, 0) is 17.8 Å². The molecule has 0 unspecified atom stereocenters. The van der Waals surface area contributed by atoms with Crippen molar-refractivity contribution in [3.05, 3.63) is 39.6 Å². The van der Waals surface area contributed by atoms with E-state index in [1.807, 2.05) is 0 Å². The lowest BCUT2D eigenvalue weighted by atomic mass is 10.2. The Kier molecular flexibility index (Phi) is 5.44. The molecule has 130 valence electrons. The Morgan fingerprint density at radius 1 is 1.24 bits per heavy atom. The summed E-state index contributed by atoms with van der Waals surface area (Å²) in [4.78, 5) is 24.4. The molecule has 1 N–H and O–H groups in total. The van der Waals surface area contributed by atoms with Crippen LogP contribution in [0.1, 0.15) is 31.2 Å². The Morgan fingerprint density at radius 3 is 2.92 bits per heavy atom. The average molecular weight is 358 g/mol. The standard InChI is InChI=1S/C16H18N6O2S/c1-2-3-8-14-19-20-16(25-14)17-13(23)9-10-22-15(24)11-6-4-5-7-12(11)18-21-22/h4-7H,2-3,8-10H2,1H3,(H,17,20,23). The second kappa shape index (κ2) is 7.93. The molecule has 0 saturated carbocycles. The second-order valence-corrected chi connectivity index (χ2v) is 6.60. The van der Waals surface area contributed by atoms with E-state index in [4.69, 9.17) is 0 Å². The van der Waals surface area contributed by atoms with Gasteiger partial charge in [-0.25, -0.2) is 4.68 Å². The normalized spacial score (nSPS) is 10.9. The zero-order chi connectivity index (χ0) is 17.6. The number of rotatable bonds is 7. The van der Waals surface area contributed by atoms with Crippen LogP contribution in [0, 0.1) is 0 Å². The second-order valence-electron chi connectivity index (χ2n) is 5.54. The third-order valence-corrected chi connectivity index (χ3v) is 4.54. The molecule has 3 rings (SSSR count). The predicted octanol–water partition coefficient (Wildman–Crippen LogP) is 2.01. The Balaban J connectivity index is 1.60.